The second-order valence-electron chi connectivity index (χ2n) is 6.52. The zero-order valence-corrected chi connectivity index (χ0v) is 15.5. The third-order valence-corrected chi connectivity index (χ3v) is 5.26. The van der Waals surface area contributed by atoms with Crippen molar-refractivity contribution in [3.8, 4) is 10.7 Å². The number of Topliss-reactive ketones (excluding diaryl/α,β-unsaturated/α-hetero) is 1. The number of thiophene rings is 1. The molecule has 7 nitrogen and oxygen atoms in total. The van der Waals surface area contributed by atoms with Gasteiger partial charge in [-0.2, -0.15) is 0 Å². The van der Waals surface area contributed by atoms with Gasteiger partial charge in [-0.25, -0.2) is 9.48 Å². The van der Waals surface area contributed by atoms with Gasteiger partial charge in [0.05, 0.1) is 4.88 Å². The van der Waals surface area contributed by atoms with Crippen LogP contribution in [0.2, 0.25) is 0 Å². The van der Waals surface area contributed by atoms with Crippen molar-refractivity contribution in [2.75, 3.05) is 5.32 Å². The van der Waals surface area contributed by atoms with Crippen molar-refractivity contribution < 1.29 is 9.59 Å². The molecule has 1 aromatic carbocycles. The second-order valence-corrected chi connectivity index (χ2v) is 7.47. The number of carbonyl (C=O) groups is 2. The highest BCUT2D eigenvalue weighted by Crippen LogP contribution is 2.37. The number of hydrogen-bond acceptors (Lipinski definition) is 5. The van der Waals surface area contributed by atoms with Crippen molar-refractivity contribution in [1.82, 2.24) is 14.3 Å². The van der Waals surface area contributed by atoms with Crippen LogP contribution in [0.15, 0.2) is 46.6 Å². The third-order valence-electron chi connectivity index (χ3n) is 4.39. The Morgan fingerprint density at radius 2 is 1.96 bits per heavy atom. The Balaban J connectivity index is 1.54. The molecule has 2 aromatic heterocycles. The quantitative estimate of drug-likeness (QED) is 0.664. The summed E-state index contributed by atoms with van der Waals surface area (Å²) in [5.74, 6) is 0.244. The second kappa shape index (κ2) is 6.96. The highest BCUT2D eigenvalue weighted by atomic mass is 32.1. The van der Waals surface area contributed by atoms with Gasteiger partial charge < -0.3 is 5.32 Å². The molecule has 1 aliphatic carbocycles. The molecule has 0 aliphatic heterocycles. The maximum Gasteiger partial charge on any atom is 0.346 e. The van der Waals surface area contributed by atoms with Crippen LogP contribution >= 0.6 is 11.3 Å². The van der Waals surface area contributed by atoms with Crippen LogP contribution in [0.3, 0.4) is 0 Å². The minimum absolute atomic E-state index is 0.0360. The van der Waals surface area contributed by atoms with Crippen LogP contribution in [-0.2, 0) is 11.3 Å². The zero-order valence-electron chi connectivity index (χ0n) is 14.7. The lowest BCUT2D eigenvalue weighted by Crippen LogP contribution is -2.30. The summed E-state index contributed by atoms with van der Waals surface area (Å²) in [6.45, 7) is 1.33. The van der Waals surface area contributed by atoms with Gasteiger partial charge in [0.1, 0.15) is 6.54 Å². The van der Waals surface area contributed by atoms with Gasteiger partial charge in [-0.15, -0.1) is 16.4 Å². The van der Waals surface area contributed by atoms with Crippen molar-refractivity contribution in [2.24, 2.45) is 0 Å². The molecule has 3 aromatic rings. The lowest BCUT2D eigenvalue weighted by Gasteiger charge is -2.05. The van der Waals surface area contributed by atoms with Crippen LogP contribution in [0, 0.1) is 0 Å². The Bertz CT molecular complexity index is 1040. The molecule has 1 N–H and O–H groups in total. The van der Waals surface area contributed by atoms with E-state index in [1.54, 1.807) is 28.8 Å². The first-order valence-corrected chi connectivity index (χ1v) is 9.55. The van der Waals surface area contributed by atoms with E-state index in [9.17, 15) is 14.4 Å². The molecule has 1 fully saturated rings. The summed E-state index contributed by atoms with van der Waals surface area (Å²) in [6, 6.07) is 10.6. The molecule has 2 heterocycles. The van der Waals surface area contributed by atoms with Crippen molar-refractivity contribution in [3.63, 3.8) is 0 Å². The fourth-order valence-corrected chi connectivity index (χ4v) is 3.59. The average molecular weight is 382 g/mol. The van der Waals surface area contributed by atoms with E-state index in [-0.39, 0.29) is 30.0 Å². The molecule has 0 saturated heterocycles. The summed E-state index contributed by atoms with van der Waals surface area (Å²) in [5, 5.41) is 9.08. The maximum absolute atomic E-state index is 12.7. The Hall–Kier alpha value is -3.00. The smallest absolute Gasteiger partial charge is 0.324 e. The fourth-order valence-electron chi connectivity index (χ4n) is 2.88. The molecule has 0 unspecified atom stereocenters. The molecule has 0 bridgehead atoms. The maximum atomic E-state index is 12.7. The first-order valence-electron chi connectivity index (χ1n) is 8.67. The number of nitrogens with one attached hydrogen (secondary N) is 1. The topological polar surface area (TPSA) is 86.0 Å². The normalized spacial score (nSPS) is 13.5. The Labute approximate surface area is 159 Å². The average Bonchev–Trinajstić information content (AvgIpc) is 3.22. The van der Waals surface area contributed by atoms with Crippen molar-refractivity contribution in [2.45, 2.75) is 32.4 Å². The summed E-state index contributed by atoms with van der Waals surface area (Å²) < 4.78 is 2.91. The van der Waals surface area contributed by atoms with Crippen LogP contribution < -0.4 is 11.0 Å². The highest BCUT2D eigenvalue weighted by molar-refractivity contribution is 7.13. The summed E-state index contributed by atoms with van der Waals surface area (Å²) in [6.07, 6.45) is 1.91. The Morgan fingerprint density at radius 1 is 1.22 bits per heavy atom. The molecule has 1 saturated carbocycles. The van der Waals surface area contributed by atoms with Gasteiger partial charge in [0, 0.05) is 17.3 Å². The van der Waals surface area contributed by atoms with Gasteiger partial charge in [-0.3, -0.25) is 14.2 Å². The summed E-state index contributed by atoms with van der Waals surface area (Å²) in [7, 11) is 0. The van der Waals surface area contributed by atoms with E-state index in [1.165, 1.54) is 22.9 Å². The molecule has 8 heteroatoms. The lowest BCUT2D eigenvalue weighted by molar-refractivity contribution is -0.117. The number of carbonyl (C=O) groups excluding carboxylic acids is 2. The molecule has 1 aliphatic rings. The first kappa shape index (κ1) is 17.4. The predicted molar refractivity (Wildman–Crippen MR) is 103 cm³/mol. The molecule has 4 rings (SSSR count). The van der Waals surface area contributed by atoms with E-state index in [0.29, 0.717) is 17.1 Å². The molecule has 138 valence electrons. The summed E-state index contributed by atoms with van der Waals surface area (Å²) in [5.41, 5.74) is 0.883. The molecular formula is C19H18N4O3S. The number of hydrogen-bond donors (Lipinski definition) is 1. The number of nitrogens with zero attached hydrogens (tertiary/aromatic N) is 3. The van der Waals surface area contributed by atoms with Crippen molar-refractivity contribution in [1.29, 1.82) is 0 Å². The fraction of sp³-hybridized carbons (Fsp3) is 0.263. The van der Waals surface area contributed by atoms with Crippen LogP contribution in [0.1, 0.15) is 36.2 Å². The molecule has 0 radical (unpaired) electrons. The molecular weight excluding hydrogens is 364 g/mol. The number of amides is 1. The van der Waals surface area contributed by atoms with Crippen LogP contribution in [0.25, 0.3) is 10.7 Å². The van der Waals surface area contributed by atoms with E-state index in [1.807, 2.05) is 17.5 Å². The zero-order chi connectivity index (χ0) is 19.0. The Kier molecular flexibility index (Phi) is 4.49. The minimum Gasteiger partial charge on any atom is -0.324 e. The van der Waals surface area contributed by atoms with E-state index >= 15 is 0 Å². The van der Waals surface area contributed by atoms with Crippen LogP contribution in [0.4, 0.5) is 5.69 Å². The number of anilines is 1. The van der Waals surface area contributed by atoms with E-state index in [2.05, 4.69) is 10.4 Å². The number of benzene rings is 1. The van der Waals surface area contributed by atoms with Gasteiger partial charge in [0.15, 0.2) is 11.6 Å². The van der Waals surface area contributed by atoms with E-state index in [4.69, 9.17) is 0 Å². The largest absolute Gasteiger partial charge is 0.346 e. The van der Waals surface area contributed by atoms with Crippen molar-refractivity contribution in [3.05, 3.63) is 57.8 Å². The van der Waals surface area contributed by atoms with Crippen LogP contribution in [-0.4, -0.2) is 26.0 Å². The molecule has 1 amide bonds. The van der Waals surface area contributed by atoms with Gasteiger partial charge in [0.25, 0.3) is 0 Å². The molecule has 0 atom stereocenters. The van der Waals surface area contributed by atoms with Gasteiger partial charge >= 0.3 is 5.69 Å². The standard InChI is InChI=1S/C19H18N4O3S/c1-12(24)13-4-6-14(7-5-13)20-17(25)11-22-19(26)23(15-8-9-15)18(21-22)16-3-2-10-27-16/h2-7,10,15H,8-9,11H2,1H3,(H,20,25). The summed E-state index contributed by atoms with van der Waals surface area (Å²) in [4.78, 5) is 37.3. The molecule has 0 spiro atoms. The monoisotopic (exact) mass is 382 g/mol. The van der Waals surface area contributed by atoms with Gasteiger partial charge in [0.2, 0.25) is 5.91 Å². The number of ketones is 1. The predicted octanol–water partition coefficient (Wildman–Crippen LogP) is 2.95. The number of aromatic nitrogens is 3. The summed E-state index contributed by atoms with van der Waals surface area (Å²) >= 11 is 1.52. The van der Waals surface area contributed by atoms with E-state index in [0.717, 1.165) is 17.7 Å². The van der Waals surface area contributed by atoms with Gasteiger partial charge in [-0.05, 0) is 55.5 Å². The number of rotatable bonds is 6. The van der Waals surface area contributed by atoms with Crippen molar-refractivity contribution >= 4 is 28.7 Å². The SMILES string of the molecule is CC(=O)c1ccc(NC(=O)Cn2nc(-c3cccs3)n(C3CC3)c2=O)cc1. The van der Waals surface area contributed by atoms with Crippen LogP contribution in [0.5, 0.6) is 0 Å². The lowest BCUT2D eigenvalue weighted by atomic mass is 10.1. The minimum atomic E-state index is -0.342. The van der Waals surface area contributed by atoms with E-state index < -0.39 is 0 Å². The molecule has 27 heavy (non-hydrogen) atoms. The highest BCUT2D eigenvalue weighted by Gasteiger charge is 2.31. The first-order chi connectivity index (χ1) is 13.0. The van der Waals surface area contributed by atoms with Gasteiger partial charge in [-0.1, -0.05) is 6.07 Å². The third kappa shape index (κ3) is 3.61. The Morgan fingerprint density at radius 3 is 2.56 bits per heavy atom.